The number of carbonyl (C=O) groups excluding carboxylic acids is 1. The Bertz CT molecular complexity index is 1110. The molecule has 2 aromatic rings. The number of piperazine rings is 1. The maximum Gasteiger partial charge on any atom is 0.274 e. The van der Waals surface area contributed by atoms with Crippen LogP contribution in [-0.4, -0.2) is 87.7 Å². The van der Waals surface area contributed by atoms with E-state index in [0.717, 1.165) is 50.3 Å². The first-order valence-corrected chi connectivity index (χ1v) is 13.9. The van der Waals surface area contributed by atoms with Gasteiger partial charge >= 0.3 is 0 Å². The molecule has 1 aromatic heterocycles. The zero-order chi connectivity index (χ0) is 26.1. The van der Waals surface area contributed by atoms with E-state index in [1.54, 1.807) is 0 Å². The summed E-state index contributed by atoms with van der Waals surface area (Å²) in [7, 11) is 0. The summed E-state index contributed by atoms with van der Waals surface area (Å²) in [5, 5.41) is 14.9. The van der Waals surface area contributed by atoms with E-state index in [0.29, 0.717) is 25.5 Å². The summed E-state index contributed by atoms with van der Waals surface area (Å²) in [6.07, 6.45) is 3.36. The van der Waals surface area contributed by atoms with Crippen molar-refractivity contribution >= 4 is 40.7 Å². The second-order valence-corrected chi connectivity index (χ2v) is 11.1. The van der Waals surface area contributed by atoms with Crippen LogP contribution in [0.5, 0.6) is 0 Å². The topological polar surface area (TPSA) is 111 Å². The highest BCUT2D eigenvalue weighted by Gasteiger charge is 2.38. The molecule has 200 valence electrons. The zero-order valence-electron chi connectivity index (χ0n) is 21.1. The molecular formula is C26H35Cl2N7O2. The molecule has 4 N–H and O–H groups in total. The van der Waals surface area contributed by atoms with Crippen molar-refractivity contribution in [3.63, 3.8) is 0 Å². The number of β-amino-alcohol motifs (C(OH)–C–C–N with tert-alkyl or cyclic N) is 1. The van der Waals surface area contributed by atoms with Gasteiger partial charge in [-0.05, 0) is 43.4 Å². The average Bonchev–Trinajstić information content (AvgIpc) is 3.70. The van der Waals surface area contributed by atoms with Crippen molar-refractivity contribution in [1.82, 2.24) is 25.1 Å². The van der Waals surface area contributed by atoms with E-state index in [9.17, 15) is 9.90 Å². The molecule has 37 heavy (non-hydrogen) atoms. The number of likely N-dealkylation sites (tertiary alicyclic amines) is 1. The van der Waals surface area contributed by atoms with Crippen LogP contribution in [0.15, 0.2) is 24.3 Å². The third kappa shape index (κ3) is 6.12. The highest BCUT2D eigenvalue weighted by Crippen LogP contribution is 2.30. The molecule has 5 rings (SSSR count). The molecule has 1 aliphatic carbocycles. The standard InChI is InChI=1S/C26H35Cl2N7O2/c1-2-19-14-34(25-23(28)31-22(24(29)32-25)26(37)30-18-7-8-18)11-12-35(19)20-9-10-33(15-21(20)36)13-16-3-5-17(27)6-4-16/h3-6,18-21,36H,2,7-15H2,1H3,(H2,29,32)(H,30,37)/t19-,20?,21?/m0/s1. The van der Waals surface area contributed by atoms with Crippen molar-refractivity contribution in [3.8, 4) is 0 Å². The third-order valence-corrected chi connectivity index (χ3v) is 8.17. The fourth-order valence-electron chi connectivity index (χ4n) is 5.49. The van der Waals surface area contributed by atoms with Gasteiger partial charge in [0, 0.05) is 62.4 Å². The molecule has 2 unspecified atom stereocenters. The van der Waals surface area contributed by atoms with E-state index in [1.165, 1.54) is 5.56 Å². The molecule has 2 saturated heterocycles. The lowest BCUT2D eigenvalue weighted by molar-refractivity contribution is -0.0350. The lowest BCUT2D eigenvalue weighted by Gasteiger charge is -2.49. The maximum atomic E-state index is 12.4. The van der Waals surface area contributed by atoms with Crippen LogP contribution in [0.25, 0.3) is 0 Å². The van der Waals surface area contributed by atoms with Crippen molar-refractivity contribution in [2.45, 2.75) is 63.4 Å². The second kappa shape index (κ2) is 11.3. The van der Waals surface area contributed by atoms with Crippen LogP contribution in [0.1, 0.15) is 48.7 Å². The maximum absolute atomic E-state index is 12.4. The van der Waals surface area contributed by atoms with Crippen LogP contribution in [-0.2, 0) is 6.54 Å². The monoisotopic (exact) mass is 547 g/mol. The van der Waals surface area contributed by atoms with E-state index >= 15 is 0 Å². The largest absolute Gasteiger partial charge is 0.390 e. The zero-order valence-corrected chi connectivity index (χ0v) is 22.6. The molecule has 0 radical (unpaired) electrons. The smallest absolute Gasteiger partial charge is 0.274 e. The van der Waals surface area contributed by atoms with E-state index in [1.807, 2.05) is 24.3 Å². The van der Waals surface area contributed by atoms with Crippen molar-refractivity contribution in [2.24, 2.45) is 0 Å². The number of nitrogens with zero attached hydrogens (tertiary/aromatic N) is 5. The van der Waals surface area contributed by atoms with Crippen LogP contribution >= 0.6 is 23.2 Å². The van der Waals surface area contributed by atoms with Gasteiger partial charge < -0.3 is 21.1 Å². The molecule has 2 aliphatic heterocycles. The first kappa shape index (κ1) is 26.4. The van der Waals surface area contributed by atoms with E-state index in [2.05, 4.69) is 36.9 Å². The van der Waals surface area contributed by atoms with Gasteiger partial charge in [0.1, 0.15) is 0 Å². The molecule has 0 bridgehead atoms. The number of amides is 1. The number of hydrogen-bond donors (Lipinski definition) is 3. The van der Waals surface area contributed by atoms with Gasteiger partial charge in [-0.2, -0.15) is 0 Å². The predicted octanol–water partition coefficient (Wildman–Crippen LogP) is 2.79. The van der Waals surface area contributed by atoms with Gasteiger partial charge in [0.2, 0.25) is 0 Å². The Morgan fingerprint density at radius 2 is 1.86 bits per heavy atom. The molecule has 3 atom stereocenters. The van der Waals surface area contributed by atoms with Crippen LogP contribution in [0, 0.1) is 0 Å². The van der Waals surface area contributed by atoms with Gasteiger partial charge in [-0.1, -0.05) is 42.3 Å². The molecule has 1 aromatic carbocycles. The Kier molecular flexibility index (Phi) is 8.07. The van der Waals surface area contributed by atoms with E-state index < -0.39 is 6.10 Å². The number of nitrogens with two attached hydrogens (primary N) is 1. The number of nitrogens with one attached hydrogen (secondary N) is 1. The molecule has 1 amide bonds. The number of aliphatic hydroxyl groups is 1. The SMILES string of the molecule is CC[C@H]1CN(c2nc(N)c(C(=O)NC3CC3)nc2Cl)CCN1C1CCN(Cc2ccc(Cl)cc2)CC1O. The second-order valence-electron chi connectivity index (χ2n) is 10.4. The van der Waals surface area contributed by atoms with Crippen LogP contribution in [0.4, 0.5) is 11.6 Å². The van der Waals surface area contributed by atoms with Gasteiger partial charge in [-0.15, -0.1) is 0 Å². The number of carbonyl (C=O) groups is 1. The Morgan fingerprint density at radius 3 is 2.54 bits per heavy atom. The Morgan fingerprint density at radius 1 is 1.11 bits per heavy atom. The van der Waals surface area contributed by atoms with Crippen molar-refractivity contribution in [2.75, 3.05) is 43.4 Å². The minimum absolute atomic E-state index is 0.0832. The van der Waals surface area contributed by atoms with Gasteiger partial charge in [0.25, 0.3) is 5.91 Å². The molecule has 0 spiro atoms. The fraction of sp³-hybridized carbons (Fsp3) is 0.577. The van der Waals surface area contributed by atoms with Crippen molar-refractivity contribution < 1.29 is 9.90 Å². The summed E-state index contributed by atoms with van der Waals surface area (Å²) in [6, 6.07) is 8.44. The molecule has 9 nitrogen and oxygen atoms in total. The Balaban J connectivity index is 1.21. The predicted molar refractivity (Wildman–Crippen MR) is 146 cm³/mol. The van der Waals surface area contributed by atoms with Gasteiger partial charge in [0.05, 0.1) is 6.10 Å². The molecule has 3 fully saturated rings. The highest BCUT2D eigenvalue weighted by molar-refractivity contribution is 6.32. The number of benzene rings is 1. The van der Waals surface area contributed by atoms with Gasteiger partial charge in [-0.25, -0.2) is 9.97 Å². The van der Waals surface area contributed by atoms with Crippen molar-refractivity contribution in [1.29, 1.82) is 0 Å². The number of halogens is 2. The first-order valence-electron chi connectivity index (χ1n) is 13.1. The molecular weight excluding hydrogens is 513 g/mol. The van der Waals surface area contributed by atoms with Crippen LogP contribution < -0.4 is 16.0 Å². The lowest BCUT2D eigenvalue weighted by atomic mass is 9.95. The number of anilines is 2. The summed E-state index contributed by atoms with van der Waals surface area (Å²) < 4.78 is 0. The first-order chi connectivity index (χ1) is 17.8. The highest BCUT2D eigenvalue weighted by atomic mass is 35.5. The Labute approximate surface area is 227 Å². The molecule has 3 heterocycles. The summed E-state index contributed by atoms with van der Waals surface area (Å²) in [5.41, 5.74) is 7.41. The number of aromatic nitrogens is 2. The minimum Gasteiger partial charge on any atom is -0.390 e. The normalized spacial score (nSPS) is 25.3. The van der Waals surface area contributed by atoms with E-state index in [-0.39, 0.29) is 40.7 Å². The average molecular weight is 549 g/mol. The molecule has 3 aliphatic rings. The third-order valence-electron chi connectivity index (χ3n) is 7.67. The fourth-order valence-corrected chi connectivity index (χ4v) is 5.87. The number of hydrogen-bond acceptors (Lipinski definition) is 8. The number of piperidine rings is 1. The summed E-state index contributed by atoms with van der Waals surface area (Å²) >= 11 is 12.5. The number of aliphatic hydroxyl groups excluding tert-OH is 1. The number of rotatable bonds is 7. The summed E-state index contributed by atoms with van der Waals surface area (Å²) in [6.45, 7) is 6.71. The van der Waals surface area contributed by atoms with Crippen molar-refractivity contribution in [3.05, 3.63) is 45.7 Å². The van der Waals surface area contributed by atoms with E-state index in [4.69, 9.17) is 28.9 Å². The number of nitrogen functional groups attached to an aromatic ring is 1. The summed E-state index contributed by atoms with van der Waals surface area (Å²) in [4.78, 5) is 28.1. The quantitative estimate of drug-likeness (QED) is 0.485. The lowest BCUT2D eigenvalue weighted by Crippen LogP contribution is -2.62. The van der Waals surface area contributed by atoms with Gasteiger partial charge in [0.15, 0.2) is 22.5 Å². The molecule has 11 heteroatoms. The molecule has 1 saturated carbocycles. The van der Waals surface area contributed by atoms with Gasteiger partial charge in [-0.3, -0.25) is 14.6 Å². The Hall–Kier alpha value is -2.17. The minimum atomic E-state index is -0.426. The van der Waals surface area contributed by atoms with Crippen LogP contribution in [0.3, 0.4) is 0 Å². The summed E-state index contributed by atoms with van der Waals surface area (Å²) in [5.74, 6) is 0.281. The van der Waals surface area contributed by atoms with Crippen LogP contribution in [0.2, 0.25) is 10.2 Å².